The number of hydrogen-bond acceptors (Lipinski definition) is 4. The van der Waals surface area contributed by atoms with Crippen LogP contribution in [0.15, 0.2) is 23.3 Å². The molecule has 0 spiro atoms. The molecule has 1 aromatic heterocycles. The van der Waals surface area contributed by atoms with Crippen LogP contribution < -0.4 is 10.6 Å². The molecule has 2 rings (SSSR count). The van der Waals surface area contributed by atoms with E-state index in [9.17, 15) is 8.42 Å². The van der Waals surface area contributed by atoms with Gasteiger partial charge in [-0.05, 0) is 37.3 Å². The average molecular weight is 487 g/mol. The summed E-state index contributed by atoms with van der Waals surface area (Å²) in [4.78, 5) is 8.55. The molecular weight excluding hydrogens is 463 g/mol. The molecule has 0 aromatic carbocycles. The Morgan fingerprint density at radius 2 is 2.21 bits per heavy atom. The molecule has 0 aliphatic carbocycles. The first-order chi connectivity index (χ1) is 11.0. The molecule has 2 N–H and O–H groups in total. The van der Waals surface area contributed by atoms with Gasteiger partial charge in [0.1, 0.15) is 5.15 Å². The molecule has 24 heavy (non-hydrogen) atoms. The predicted octanol–water partition coefficient (Wildman–Crippen LogP) is 1.89. The first-order valence-electron chi connectivity index (χ1n) is 7.81. The van der Waals surface area contributed by atoms with Gasteiger partial charge in [-0.2, -0.15) is 0 Å². The second-order valence-electron chi connectivity index (χ2n) is 5.65. The van der Waals surface area contributed by atoms with Crippen molar-refractivity contribution in [3.05, 3.63) is 29.0 Å². The summed E-state index contributed by atoms with van der Waals surface area (Å²) in [7, 11) is -2.84. The molecule has 9 heteroatoms. The van der Waals surface area contributed by atoms with Gasteiger partial charge in [-0.3, -0.25) is 4.99 Å². The summed E-state index contributed by atoms with van der Waals surface area (Å²) in [5, 5.41) is 6.92. The van der Waals surface area contributed by atoms with Crippen LogP contribution in [0.5, 0.6) is 0 Å². The number of aliphatic imine (C=N–C) groups is 1. The average Bonchev–Trinajstić information content (AvgIpc) is 2.86. The zero-order valence-electron chi connectivity index (χ0n) is 13.7. The van der Waals surface area contributed by atoms with Crippen molar-refractivity contribution in [1.82, 2.24) is 15.6 Å². The van der Waals surface area contributed by atoms with Crippen molar-refractivity contribution in [2.45, 2.75) is 19.8 Å². The monoisotopic (exact) mass is 486 g/mol. The summed E-state index contributed by atoms with van der Waals surface area (Å²) < 4.78 is 22.9. The molecule has 2 heterocycles. The van der Waals surface area contributed by atoms with Gasteiger partial charge < -0.3 is 10.6 Å². The number of rotatable bonds is 6. The molecule has 1 unspecified atom stereocenters. The Morgan fingerprint density at radius 1 is 1.42 bits per heavy atom. The number of halogens is 2. The van der Waals surface area contributed by atoms with E-state index in [4.69, 9.17) is 11.6 Å². The summed E-state index contributed by atoms with van der Waals surface area (Å²) in [5.41, 5.74) is 1.10. The van der Waals surface area contributed by atoms with Gasteiger partial charge in [0.05, 0.1) is 11.5 Å². The van der Waals surface area contributed by atoms with E-state index < -0.39 is 9.84 Å². The summed E-state index contributed by atoms with van der Waals surface area (Å²) in [5.74, 6) is 1.40. The van der Waals surface area contributed by atoms with E-state index in [1.807, 2.05) is 13.0 Å². The quantitative estimate of drug-likeness (QED) is 0.278. The molecule has 1 atom stereocenters. The molecule has 0 bridgehead atoms. The topological polar surface area (TPSA) is 83.5 Å². The lowest BCUT2D eigenvalue weighted by Gasteiger charge is -2.12. The third kappa shape index (κ3) is 7.52. The second kappa shape index (κ2) is 10.4. The normalized spacial score (nSPS) is 19.6. The molecule has 0 saturated carbocycles. The highest BCUT2D eigenvalue weighted by Gasteiger charge is 2.27. The Morgan fingerprint density at radius 3 is 2.79 bits per heavy atom. The van der Waals surface area contributed by atoms with E-state index in [1.165, 1.54) is 0 Å². The Bertz CT molecular complexity index is 637. The van der Waals surface area contributed by atoms with E-state index in [1.54, 1.807) is 12.3 Å². The third-order valence-electron chi connectivity index (χ3n) is 3.67. The van der Waals surface area contributed by atoms with Gasteiger partial charge in [0.15, 0.2) is 15.8 Å². The number of nitrogens with zero attached hydrogens (tertiary/aromatic N) is 2. The van der Waals surface area contributed by atoms with Gasteiger partial charge >= 0.3 is 0 Å². The van der Waals surface area contributed by atoms with Gasteiger partial charge in [0.25, 0.3) is 0 Å². The van der Waals surface area contributed by atoms with Crippen molar-refractivity contribution in [3.63, 3.8) is 0 Å². The van der Waals surface area contributed by atoms with Crippen molar-refractivity contribution in [3.8, 4) is 0 Å². The number of nitrogens with one attached hydrogen (secondary N) is 2. The Labute approximate surface area is 165 Å². The maximum Gasteiger partial charge on any atom is 0.191 e. The van der Waals surface area contributed by atoms with E-state index in [2.05, 4.69) is 20.6 Å². The predicted molar refractivity (Wildman–Crippen MR) is 109 cm³/mol. The molecule has 1 aliphatic heterocycles. The van der Waals surface area contributed by atoms with E-state index in [0.717, 1.165) is 31.0 Å². The first kappa shape index (κ1) is 21.4. The maximum absolute atomic E-state index is 11.5. The van der Waals surface area contributed by atoms with Crippen LogP contribution in [-0.2, 0) is 16.3 Å². The third-order valence-corrected chi connectivity index (χ3v) is 5.73. The second-order valence-corrected chi connectivity index (χ2v) is 8.27. The fourth-order valence-electron chi connectivity index (χ4n) is 2.46. The Kier molecular flexibility index (Phi) is 9.28. The lowest BCUT2D eigenvalue weighted by Crippen LogP contribution is -2.38. The maximum atomic E-state index is 11.5. The van der Waals surface area contributed by atoms with Crippen LogP contribution in [-0.4, -0.2) is 50.5 Å². The fourth-order valence-corrected chi connectivity index (χ4v) is 4.42. The highest BCUT2D eigenvalue weighted by atomic mass is 127. The van der Waals surface area contributed by atoms with Crippen LogP contribution in [0, 0.1) is 5.92 Å². The van der Waals surface area contributed by atoms with Crippen LogP contribution in [0.3, 0.4) is 0 Å². The van der Waals surface area contributed by atoms with Gasteiger partial charge in [-0.15, -0.1) is 24.0 Å². The molecule has 1 aromatic rings. The van der Waals surface area contributed by atoms with Crippen molar-refractivity contribution in [2.24, 2.45) is 10.9 Å². The Balaban J connectivity index is 0.00000288. The highest BCUT2D eigenvalue weighted by molar-refractivity contribution is 14.0. The summed E-state index contributed by atoms with van der Waals surface area (Å²) in [6.45, 7) is 4.02. The van der Waals surface area contributed by atoms with Crippen molar-refractivity contribution in [2.75, 3.05) is 31.1 Å². The standard InChI is InChI=1S/C15H23ClN4O2S.HI/c1-2-17-15(20-10-13-6-8-23(21,22)11-13)18-7-5-12-3-4-14(16)19-9-12;/h3-4,9,13H,2,5-8,10-11H2,1H3,(H2,17,18,20);1H. The number of aromatic nitrogens is 1. The minimum absolute atomic E-state index is 0. The van der Waals surface area contributed by atoms with Crippen molar-refractivity contribution in [1.29, 1.82) is 0 Å². The van der Waals surface area contributed by atoms with E-state index in [-0.39, 0.29) is 35.6 Å². The highest BCUT2D eigenvalue weighted by Crippen LogP contribution is 2.18. The number of pyridine rings is 1. The molecule has 1 saturated heterocycles. The fraction of sp³-hybridized carbons (Fsp3) is 0.600. The molecule has 1 aliphatic rings. The summed E-state index contributed by atoms with van der Waals surface area (Å²) in [6.07, 6.45) is 3.28. The lowest BCUT2D eigenvalue weighted by atomic mass is 10.1. The summed E-state index contributed by atoms with van der Waals surface area (Å²) in [6, 6.07) is 3.72. The molecule has 1 fully saturated rings. The minimum atomic E-state index is -2.84. The smallest absolute Gasteiger partial charge is 0.191 e. The number of sulfone groups is 1. The van der Waals surface area contributed by atoms with Gasteiger partial charge in [-0.1, -0.05) is 17.7 Å². The zero-order chi connectivity index (χ0) is 16.7. The number of guanidine groups is 1. The zero-order valence-corrected chi connectivity index (χ0v) is 17.6. The molecule has 6 nitrogen and oxygen atoms in total. The van der Waals surface area contributed by atoms with Crippen LogP contribution >= 0.6 is 35.6 Å². The van der Waals surface area contributed by atoms with Crippen molar-refractivity contribution < 1.29 is 8.42 Å². The molecule has 136 valence electrons. The van der Waals surface area contributed by atoms with Crippen LogP contribution in [0.25, 0.3) is 0 Å². The largest absolute Gasteiger partial charge is 0.357 e. The van der Waals surface area contributed by atoms with Crippen molar-refractivity contribution >= 4 is 51.4 Å². The lowest BCUT2D eigenvalue weighted by molar-refractivity contribution is 0.589. The van der Waals surface area contributed by atoms with Crippen LogP contribution in [0.1, 0.15) is 18.9 Å². The SMILES string of the molecule is CCNC(=NCC1CCS(=O)(=O)C1)NCCc1ccc(Cl)nc1.I. The van der Waals surface area contributed by atoms with E-state index >= 15 is 0 Å². The van der Waals surface area contributed by atoms with Crippen LogP contribution in [0.4, 0.5) is 0 Å². The molecule has 0 amide bonds. The van der Waals surface area contributed by atoms with Gasteiger partial charge in [0.2, 0.25) is 0 Å². The first-order valence-corrected chi connectivity index (χ1v) is 10.0. The van der Waals surface area contributed by atoms with Gasteiger partial charge in [-0.25, -0.2) is 13.4 Å². The van der Waals surface area contributed by atoms with Gasteiger partial charge in [0, 0.05) is 25.8 Å². The Hall–Kier alpha value is -0.610. The summed E-state index contributed by atoms with van der Waals surface area (Å²) >= 11 is 5.76. The molecule has 0 radical (unpaired) electrons. The van der Waals surface area contributed by atoms with E-state index in [0.29, 0.717) is 23.9 Å². The number of hydrogen-bond donors (Lipinski definition) is 2. The molecular formula is C15H24ClIN4O2S. The van der Waals surface area contributed by atoms with Crippen LogP contribution in [0.2, 0.25) is 5.15 Å². The minimum Gasteiger partial charge on any atom is -0.357 e.